The van der Waals surface area contributed by atoms with Gasteiger partial charge in [0.1, 0.15) is 0 Å². The zero-order valence-electron chi connectivity index (χ0n) is 11.1. The van der Waals surface area contributed by atoms with E-state index in [0.717, 1.165) is 29.8 Å². The number of nitrogens with two attached hydrogens (primary N) is 1. The van der Waals surface area contributed by atoms with Gasteiger partial charge >= 0.3 is 6.03 Å². The molecule has 1 aliphatic carbocycles. The van der Waals surface area contributed by atoms with E-state index >= 15 is 0 Å². The van der Waals surface area contributed by atoms with Crippen molar-refractivity contribution in [3.8, 4) is 0 Å². The Labute approximate surface area is 118 Å². The molecule has 4 nitrogen and oxygen atoms in total. The van der Waals surface area contributed by atoms with E-state index in [-0.39, 0.29) is 11.6 Å². The Kier molecular flexibility index (Phi) is 3.06. The molecule has 4 N–H and O–H groups in total. The Morgan fingerprint density at radius 3 is 2.25 bits per heavy atom. The molecule has 0 bridgehead atoms. The quantitative estimate of drug-likeness (QED) is 0.748. The van der Waals surface area contributed by atoms with Crippen molar-refractivity contribution in [2.75, 3.05) is 11.1 Å². The number of para-hydroxylation sites is 1. The van der Waals surface area contributed by atoms with Crippen LogP contribution < -0.4 is 16.4 Å². The molecule has 2 amide bonds. The maximum Gasteiger partial charge on any atom is 0.319 e. The highest BCUT2D eigenvalue weighted by molar-refractivity contribution is 5.90. The van der Waals surface area contributed by atoms with Crippen molar-refractivity contribution >= 4 is 17.4 Å². The Hall–Kier alpha value is -2.49. The maximum atomic E-state index is 12.1. The summed E-state index contributed by atoms with van der Waals surface area (Å²) in [6, 6.07) is 16.9. The third-order valence-corrected chi connectivity index (χ3v) is 3.60. The van der Waals surface area contributed by atoms with Crippen molar-refractivity contribution < 1.29 is 4.79 Å². The van der Waals surface area contributed by atoms with Gasteiger partial charge in [-0.3, -0.25) is 0 Å². The topological polar surface area (TPSA) is 67.1 Å². The zero-order valence-corrected chi connectivity index (χ0v) is 11.1. The van der Waals surface area contributed by atoms with E-state index in [0.29, 0.717) is 0 Å². The Bertz CT molecular complexity index is 603. The lowest BCUT2D eigenvalue weighted by Gasteiger charge is -2.18. The second-order valence-electron chi connectivity index (χ2n) is 5.15. The molecule has 4 heteroatoms. The van der Waals surface area contributed by atoms with Gasteiger partial charge in [-0.2, -0.15) is 0 Å². The van der Waals surface area contributed by atoms with Crippen LogP contribution in [0.2, 0.25) is 0 Å². The van der Waals surface area contributed by atoms with Gasteiger partial charge in [0.05, 0.1) is 5.54 Å². The summed E-state index contributed by atoms with van der Waals surface area (Å²) in [5.41, 5.74) is 8.10. The predicted molar refractivity (Wildman–Crippen MR) is 80.4 cm³/mol. The van der Waals surface area contributed by atoms with Gasteiger partial charge in [-0.15, -0.1) is 0 Å². The molecule has 2 aromatic carbocycles. The molecule has 0 unspecified atom stereocenters. The van der Waals surface area contributed by atoms with Crippen LogP contribution in [-0.4, -0.2) is 6.03 Å². The van der Waals surface area contributed by atoms with Gasteiger partial charge in [-0.1, -0.05) is 30.3 Å². The highest BCUT2D eigenvalue weighted by Crippen LogP contribution is 2.45. The lowest BCUT2D eigenvalue weighted by atomic mass is 10.0. The highest BCUT2D eigenvalue weighted by atomic mass is 16.2. The van der Waals surface area contributed by atoms with E-state index in [1.807, 2.05) is 54.6 Å². The van der Waals surface area contributed by atoms with Crippen molar-refractivity contribution in [3.05, 3.63) is 60.2 Å². The van der Waals surface area contributed by atoms with Gasteiger partial charge in [-0.05, 0) is 42.7 Å². The molecule has 102 valence electrons. The minimum Gasteiger partial charge on any atom is -0.399 e. The molecule has 0 atom stereocenters. The number of urea groups is 1. The lowest BCUT2D eigenvalue weighted by Crippen LogP contribution is -2.38. The number of carbonyl (C=O) groups is 1. The van der Waals surface area contributed by atoms with Crippen molar-refractivity contribution in [2.24, 2.45) is 0 Å². The largest absolute Gasteiger partial charge is 0.399 e. The predicted octanol–water partition coefficient (Wildman–Crippen LogP) is 3.08. The first kappa shape index (κ1) is 12.5. The molecular formula is C16H17N3O. The number of rotatable bonds is 3. The molecular weight excluding hydrogens is 250 g/mol. The van der Waals surface area contributed by atoms with Crippen LogP contribution >= 0.6 is 0 Å². The van der Waals surface area contributed by atoms with Crippen LogP contribution in [0.25, 0.3) is 0 Å². The van der Waals surface area contributed by atoms with E-state index in [1.54, 1.807) is 0 Å². The van der Waals surface area contributed by atoms with Crippen LogP contribution in [0.4, 0.5) is 16.2 Å². The fourth-order valence-corrected chi connectivity index (χ4v) is 2.31. The SMILES string of the molecule is Nc1ccc(C2(NC(=O)Nc3ccccc3)CC2)cc1. The van der Waals surface area contributed by atoms with Crippen LogP contribution in [0.1, 0.15) is 18.4 Å². The van der Waals surface area contributed by atoms with Crippen LogP contribution in [0.15, 0.2) is 54.6 Å². The monoisotopic (exact) mass is 267 g/mol. The van der Waals surface area contributed by atoms with Crippen LogP contribution in [0, 0.1) is 0 Å². The first-order valence-electron chi connectivity index (χ1n) is 6.68. The Morgan fingerprint density at radius 2 is 1.65 bits per heavy atom. The summed E-state index contributed by atoms with van der Waals surface area (Å²) in [5.74, 6) is 0. The number of anilines is 2. The molecule has 0 heterocycles. The lowest BCUT2D eigenvalue weighted by molar-refractivity contribution is 0.247. The fraction of sp³-hybridized carbons (Fsp3) is 0.188. The van der Waals surface area contributed by atoms with E-state index in [2.05, 4.69) is 10.6 Å². The molecule has 0 spiro atoms. The zero-order chi connectivity index (χ0) is 14.0. The summed E-state index contributed by atoms with van der Waals surface area (Å²) >= 11 is 0. The summed E-state index contributed by atoms with van der Waals surface area (Å²) in [4.78, 5) is 12.1. The van der Waals surface area contributed by atoms with Crippen molar-refractivity contribution in [3.63, 3.8) is 0 Å². The van der Waals surface area contributed by atoms with E-state index < -0.39 is 0 Å². The Balaban J connectivity index is 1.68. The van der Waals surface area contributed by atoms with Crippen LogP contribution in [-0.2, 0) is 5.54 Å². The molecule has 0 saturated heterocycles. The number of hydrogen-bond donors (Lipinski definition) is 3. The van der Waals surface area contributed by atoms with Crippen molar-refractivity contribution in [1.29, 1.82) is 0 Å². The van der Waals surface area contributed by atoms with Gasteiger partial charge in [0, 0.05) is 11.4 Å². The third-order valence-electron chi connectivity index (χ3n) is 3.60. The number of carbonyl (C=O) groups excluding carboxylic acids is 1. The molecule has 0 radical (unpaired) electrons. The molecule has 2 aromatic rings. The van der Waals surface area contributed by atoms with Gasteiger partial charge in [0.2, 0.25) is 0 Å². The third kappa shape index (κ3) is 2.59. The maximum absolute atomic E-state index is 12.1. The average Bonchev–Trinajstić information content (AvgIpc) is 3.21. The van der Waals surface area contributed by atoms with Crippen molar-refractivity contribution in [2.45, 2.75) is 18.4 Å². The van der Waals surface area contributed by atoms with Gasteiger partial charge in [0.15, 0.2) is 0 Å². The van der Waals surface area contributed by atoms with E-state index in [4.69, 9.17) is 5.73 Å². The highest BCUT2D eigenvalue weighted by Gasteiger charge is 2.45. The van der Waals surface area contributed by atoms with E-state index in [9.17, 15) is 4.79 Å². The summed E-state index contributed by atoms with van der Waals surface area (Å²) < 4.78 is 0. The normalized spacial score (nSPS) is 15.4. The first-order valence-corrected chi connectivity index (χ1v) is 6.68. The summed E-state index contributed by atoms with van der Waals surface area (Å²) in [5, 5.41) is 5.91. The smallest absolute Gasteiger partial charge is 0.319 e. The first-order chi connectivity index (χ1) is 9.68. The second-order valence-corrected chi connectivity index (χ2v) is 5.15. The molecule has 0 aromatic heterocycles. The fourth-order valence-electron chi connectivity index (χ4n) is 2.31. The number of nitrogens with one attached hydrogen (secondary N) is 2. The standard InChI is InChI=1S/C16H17N3O/c17-13-8-6-12(7-9-13)16(10-11-16)19-15(20)18-14-4-2-1-3-5-14/h1-9H,10-11,17H2,(H2,18,19,20). The molecule has 3 rings (SSSR count). The molecule has 0 aliphatic heterocycles. The van der Waals surface area contributed by atoms with Crippen LogP contribution in [0.3, 0.4) is 0 Å². The second kappa shape index (κ2) is 4.89. The van der Waals surface area contributed by atoms with Gasteiger partial charge < -0.3 is 16.4 Å². The number of nitrogen functional groups attached to an aromatic ring is 1. The molecule has 1 saturated carbocycles. The summed E-state index contributed by atoms with van der Waals surface area (Å²) in [7, 11) is 0. The van der Waals surface area contributed by atoms with E-state index in [1.165, 1.54) is 0 Å². The number of amides is 2. The summed E-state index contributed by atoms with van der Waals surface area (Å²) in [6.45, 7) is 0. The Morgan fingerprint density at radius 1 is 1.00 bits per heavy atom. The average molecular weight is 267 g/mol. The van der Waals surface area contributed by atoms with Gasteiger partial charge in [-0.25, -0.2) is 4.79 Å². The molecule has 1 fully saturated rings. The summed E-state index contributed by atoms with van der Waals surface area (Å²) in [6.07, 6.45) is 1.91. The minimum absolute atomic E-state index is 0.175. The number of hydrogen-bond acceptors (Lipinski definition) is 2. The minimum atomic E-state index is -0.230. The molecule has 1 aliphatic rings. The van der Waals surface area contributed by atoms with Crippen molar-refractivity contribution in [1.82, 2.24) is 5.32 Å². The van der Waals surface area contributed by atoms with Crippen LogP contribution in [0.5, 0.6) is 0 Å². The molecule has 20 heavy (non-hydrogen) atoms. The number of benzene rings is 2. The van der Waals surface area contributed by atoms with Gasteiger partial charge in [0.25, 0.3) is 0 Å².